The van der Waals surface area contributed by atoms with Gasteiger partial charge in [0.05, 0.1) is 24.8 Å². The summed E-state index contributed by atoms with van der Waals surface area (Å²) in [6, 6.07) is 5.63. The summed E-state index contributed by atoms with van der Waals surface area (Å²) in [5.74, 6) is -0.252. The topological polar surface area (TPSA) is 58.6 Å². The quantitative estimate of drug-likeness (QED) is 0.669. The Morgan fingerprint density at radius 1 is 1.48 bits per heavy atom. The Hall–Kier alpha value is -2.04. The molecule has 2 aliphatic heterocycles. The van der Waals surface area contributed by atoms with E-state index in [-0.39, 0.29) is 24.5 Å². The van der Waals surface area contributed by atoms with Gasteiger partial charge < -0.3 is 10.1 Å². The number of hydrogen-bond donors (Lipinski definition) is 1. The van der Waals surface area contributed by atoms with Gasteiger partial charge in [-0.2, -0.15) is 0 Å². The van der Waals surface area contributed by atoms with Crippen LogP contribution in [0.5, 0.6) is 0 Å². The van der Waals surface area contributed by atoms with Crippen LogP contribution < -0.4 is 10.2 Å². The number of amides is 2. The van der Waals surface area contributed by atoms with Crippen LogP contribution in [0.4, 0.5) is 10.5 Å². The van der Waals surface area contributed by atoms with Crippen LogP contribution >= 0.6 is 0 Å². The molecule has 0 saturated carbocycles. The lowest BCUT2D eigenvalue weighted by molar-refractivity contribution is -0.144. The minimum Gasteiger partial charge on any atom is -0.466 e. The van der Waals surface area contributed by atoms with Crippen molar-refractivity contribution >= 4 is 17.7 Å². The van der Waals surface area contributed by atoms with E-state index in [2.05, 4.69) is 12.2 Å². The number of esters is 1. The normalized spacial score (nSPS) is 19.2. The Kier molecular flexibility index (Phi) is 3.82. The molecule has 5 heteroatoms. The van der Waals surface area contributed by atoms with E-state index >= 15 is 0 Å². The molecule has 5 nitrogen and oxygen atoms in total. The highest BCUT2D eigenvalue weighted by Gasteiger charge is 2.36. The third kappa shape index (κ3) is 2.60. The van der Waals surface area contributed by atoms with Gasteiger partial charge in [-0.1, -0.05) is 31.5 Å². The van der Waals surface area contributed by atoms with Crippen LogP contribution in [-0.4, -0.2) is 25.2 Å². The molecule has 0 saturated heterocycles. The van der Waals surface area contributed by atoms with Crippen molar-refractivity contribution in [1.82, 2.24) is 5.32 Å². The van der Waals surface area contributed by atoms with Crippen molar-refractivity contribution in [2.75, 3.05) is 18.1 Å². The number of urea groups is 1. The molecule has 0 radical (unpaired) electrons. The van der Waals surface area contributed by atoms with Gasteiger partial charge in [-0.15, -0.1) is 0 Å². The van der Waals surface area contributed by atoms with Gasteiger partial charge in [0.1, 0.15) is 0 Å². The maximum Gasteiger partial charge on any atom is 0.322 e. The molecule has 1 atom stereocenters. The van der Waals surface area contributed by atoms with Crippen molar-refractivity contribution in [3.63, 3.8) is 0 Å². The van der Waals surface area contributed by atoms with Gasteiger partial charge in [0.25, 0.3) is 0 Å². The second-order valence-electron chi connectivity index (χ2n) is 5.54. The predicted octanol–water partition coefficient (Wildman–Crippen LogP) is 2.55. The smallest absolute Gasteiger partial charge is 0.322 e. The summed E-state index contributed by atoms with van der Waals surface area (Å²) in [4.78, 5) is 25.8. The van der Waals surface area contributed by atoms with Crippen LogP contribution in [0.2, 0.25) is 0 Å². The average molecular weight is 288 g/mol. The number of carbonyl (C=O) groups is 2. The van der Waals surface area contributed by atoms with Crippen molar-refractivity contribution in [2.24, 2.45) is 0 Å². The zero-order valence-electron chi connectivity index (χ0n) is 12.2. The number of benzene rings is 1. The number of hydrogen-bond acceptors (Lipinski definition) is 3. The Morgan fingerprint density at radius 3 is 3.14 bits per heavy atom. The van der Waals surface area contributed by atoms with Crippen LogP contribution in [0.25, 0.3) is 0 Å². The fraction of sp³-hybridized carbons (Fsp3) is 0.500. The van der Waals surface area contributed by atoms with Crippen LogP contribution in [0.1, 0.15) is 43.4 Å². The second kappa shape index (κ2) is 5.76. The lowest BCUT2D eigenvalue weighted by Gasteiger charge is -2.32. The summed E-state index contributed by atoms with van der Waals surface area (Å²) in [6.45, 7) is 3.22. The van der Waals surface area contributed by atoms with E-state index in [4.69, 9.17) is 4.74 Å². The fourth-order valence-electron chi connectivity index (χ4n) is 2.99. The highest BCUT2D eigenvalue weighted by molar-refractivity contribution is 5.98. The number of nitrogens with zero attached hydrogens (tertiary/aromatic N) is 1. The third-order valence-corrected chi connectivity index (χ3v) is 4.08. The Balaban J connectivity index is 1.76. The molecule has 1 N–H and O–H groups in total. The van der Waals surface area contributed by atoms with E-state index in [1.165, 1.54) is 5.56 Å². The van der Waals surface area contributed by atoms with Crippen LogP contribution in [0, 0.1) is 0 Å². The van der Waals surface area contributed by atoms with E-state index in [1.807, 2.05) is 18.2 Å². The zero-order valence-corrected chi connectivity index (χ0v) is 12.2. The zero-order chi connectivity index (χ0) is 14.8. The molecule has 3 rings (SSSR count). The standard InChI is InChI=1S/C16H20N2O3/c1-2-3-9-21-14(19)10-13-12-6-4-5-11-7-8-18(15(11)12)16(20)17-13/h4-6,13H,2-3,7-10H2,1H3,(H,17,20). The molecule has 0 aliphatic carbocycles. The predicted molar refractivity (Wildman–Crippen MR) is 79.2 cm³/mol. The molecule has 2 heterocycles. The first-order chi connectivity index (χ1) is 10.2. The molecule has 2 aliphatic rings. The van der Waals surface area contributed by atoms with Gasteiger partial charge in [0.15, 0.2) is 0 Å². The Morgan fingerprint density at radius 2 is 2.33 bits per heavy atom. The van der Waals surface area contributed by atoms with Gasteiger partial charge in [-0.25, -0.2) is 4.79 Å². The van der Waals surface area contributed by atoms with Crippen molar-refractivity contribution < 1.29 is 14.3 Å². The van der Waals surface area contributed by atoms with E-state index in [1.54, 1.807) is 4.90 Å². The fourth-order valence-corrected chi connectivity index (χ4v) is 2.99. The molecular formula is C16H20N2O3. The van der Waals surface area contributed by atoms with E-state index in [0.717, 1.165) is 30.5 Å². The highest BCUT2D eigenvalue weighted by Crippen LogP contribution is 2.39. The number of unbranched alkanes of at least 4 members (excludes halogenated alkanes) is 1. The van der Waals surface area contributed by atoms with E-state index in [0.29, 0.717) is 13.2 Å². The van der Waals surface area contributed by atoms with E-state index in [9.17, 15) is 9.59 Å². The SMILES string of the molecule is CCCCOC(=O)CC1NC(=O)N2CCc3cccc1c32. The van der Waals surface area contributed by atoms with Crippen LogP contribution in [0.15, 0.2) is 18.2 Å². The van der Waals surface area contributed by atoms with Crippen molar-refractivity contribution in [1.29, 1.82) is 0 Å². The molecule has 0 aromatic heterocycles. The van der Waals surface area contributed by atoms with Crippen molar-refractivity contribution in [2.45, 2.75) is 38.6 Å². The molecule has 21 heavy (non-hydrogen) atoms. The highest BCUT2D eigenvalue weighted by atomic mass is 16.5. The molecule has 2 amide bonds. The van der Waals surface area contributed by atoms with E-state index < -0.39 is 0 Å². The van der Waals surface area contributed by atoms with Crippen molar-refractivity contribution in [3.05, 3.63) is 29.3 Å². The average Bonchev–Trinajstić information content (AvgIpc) is 2.90. The molecule has 1 unspecified atom stereocenters. The molecule has 0 spiro atoms. The van der Waals surface area contributed by atoms with Crippen LogP contribution in [0.3, 0.4) is 0 Å². The summed E-state index contributed by atoms with van der Waals surface area (Å²) < 4.78 is 5.20. The third-order valence-electron chi connectivity index (χ3n) is 4.08. The number of carbonyl (C=O) groups excluding carboxylic acids is 2. The number of rotatable bonds is 5. The first-order valence-corrected chi connectivity index (χ1v) is 7.56. The summed E-state index contributed by atoms with van der Waals surface area (Å²) in [5, 5.41) is 2.91. The first kappa shape index (κ1) is 13.9. The second-order valence-corrected chi connectivity index (χ2v) is 5.54. The molecule has 0 bridgehead atoms. The van der Waals surface area contributed by atoms with Crippen molar-refractivity contribution in [3.8, 4) is 0 Å². The van der Waals surface area contributed by atoms with Crippen LogP contribution in [-0.2, 0) is 16.0 Å². The lowest BCUT2D eigenvalue weighted by atomic mass is 9.97. The molecule has 0 fully saturated rings. The Labute approximate surface area is 124 Å². The van der Waals surface area contributed by atoms with Gasteiger partial charge in [0.2, 0.25) is 0 Å². The van der Waals surface area contributed by atoms with Gasteiger partial charge in [-0.3, -0.25) is 9.69 Å². The minimum atomic E-state index is -0.282. The number of para-hydroxylation sites is 1. The maximum atomic E-state index is 12.1. The molecule has 1 aromatic carbocycles. The summed E-state index contributed by atoms with van der Waals surface area (Å²) >= 11 is 0. The number of nitrogens with one attached hydrogen (secondary N) is 1. The minimum absolute atomic E-state index is 0.112. The van der Waals surface area contributed by atoms with Gasteiger partial charge >= 0.3 is 12.0 Å². The molecule has 112 valence electrons. The molecular weight excluding hydrogens is 268 g/mol. The monoisotopic (exact) mass is 288 g/mol. The number of anilines is 1. The van der Waals surface area contributed by atoms with Gasteiger partial charge in [-0.05, 0) is 24.0 Å². The lowest BCUT2D eigenvalue weighted by Crippen LogP contribution is -2.46. The summed E-state index contributed by atoms with van der Waals surface area (Å²) in [5.41, 5.74) is 3.20. The Bertz CT molecular complexity index is 571. The largest absolute Gasteiger partial charge is 0.466 e. The van der Waals surface area contributed by atoms with Gasteiger partial charge in [0, 0.05) is 6.54 Å². The number of ether oxygens (including phenoxy) is 1. The molecule has 1 aromatic rings. The maximum absolute atomic E-state index is 12.1. The summed E-state index contributed by atoms with van der Waals surface area (Å²) in [7, 11) is 0. The summed E-state index contributed by atoms with van der Waals surface area (Å²) in [6.07, 6.45) is 2.94. The first-order valence-electron chi connectivity index (χ1n) is 7.56.